The van der Waals surface area contributed by atoms with Crippen molar-refractivity contribution in [1.29, 1.82) is 0 Å². The van der Waals surface area contributed by atoms with Crippen LogP contribution in [0, 0.1) is 0 Å². The Morgan fingerprint density at radius 3 is 1.53 bits per heavy atom. The summed E-state index contributed by atoms with van der Waals surface area (Å²) in [5.41, 5.74) is 0. The third-order valence-corrected chi connectivity index (χ3v) is 8.42. The molecule has 0 saturated heterocycles. The number of rotatable bonds is 31. The Hall–Kier alpha value is -1.95. The highest BCUT2D eigenvalue weighted by molar-refractivity contribution is 5.83. The van der Waals surface area contributed by atoms with E-state index in [4.69, 9.17) is 0 Å². The van der Waals surface area contributed by atoms with Crippen LogP contribution in [0.4, 0.5) is 0 Å². The van der Waals surface area contributed by atoms with Gasteiger partial charge in [0.25, 0.3) is 0 Å². The van der Waals surface area contributed by atoms with Gasteiger partial charge in [-0.25, -0.2) is 4.57 Å². The van der Waals surface area contributed by atoms with Crippen LogP contribution in [-0.2, 0) is 16.1 Å². The number of hydrogen-bond acceptors (Lipinski definition) is 3. The molecule has 248 valence electrons. The van der Waals surface area contributed by atoms with E-state index in [-0.39, 0.29) is 17.9 Å². The van der Waals surface area contributed by atoms with Crippen LogP contribution in [0.1, 0.15) is 162 Å². The van der Waals surface area contributed by atoms with Gasteiger partial charge < -0.3 is 16.0 Å². The van der Waals surface area contributed by atoms with Crippen molar-refractivity contribution >= 4 is 11.8 Å². The third kappa shape index (κ3) is 25.1. The summed E-state index contributed by atoms with van der Waals surface area (Å²) >= 11 is 0. The molecule has 0 fully saturated rings. The van der Waals surface area contributed by atoms with Gasteiger partial charge in [-0.3, -0.25) is 9.59 Å². The molecular weight excluding hydrogens is 532 g/mol. The summed E-state index contributed by atoms with van der Waals surface area (Å²) in [4.78, 5) is 25.6. The Morgan fingerprint density at radius 1 is 0.558 bits per heavy atom. The first-order valence-corrected chi connectivity index (χ1v) is 18.4. The number of hydrogen-bond donors (Lipinski definition) is 3. The first-order chi connectivity index (χ1) is 21.2. The maximum absolute atomic E-state index is 13.0. The standard InChI is InChI=1S/C37H68N4O2/c1-3-5-7-9-11-13-15-17-19-22-29-39-36(42)28-27-35(38-31-26-34-41-32-24-21-25-33-41)37(43)40-30-23-20-18-16-14-12-10-8-6-4-2/h21,24-25,32-33,35,38H,3-20,22-23,26-31,34H2,1-2H3,(H-,39,40,42,43)/p+1/t35-/m0/s1. The fraction of sp³-hybridized carbons (Fsp3) is 0.811. The van der Waals surface area contributed by atoms with Crippen LogP contribution >= 0.6 is 0 Å². The molecule has 1 heterocycles. The van der Waals surface area contributed by atoms with Crippen molar-refractivity contribution in [2.24, 2.45) is 0 Å². The van der Waals surface area contributed by atoms with E-state index in [1.165, 1.54) is 116 Å². The molecule has 6 nitrogen and oxygen atoms in total. The van der Waals surface area contributed by atoms with Crippen molar-refractivity contribution in [3.63, 3.8) is 0 Å². The van der Waals surface area contributed by atoms with Crippen molar-refractivity contribution < 1.29 is 14.2 Å². The lowest BCUT2D eigenvalue weighted by molar-refractivity contribution is -0.697. The van der Waals surface area contributed by atoms with Gasteiger partial charge in [-0.05, 0) is 19.3 Å². The average Bonchev–Trinajstić information content (AvgIpc) is 3.02. The van der Waals surface area contributed by atoms with Gasteiger partial charge in [-0.1, -0.05) is 135 Å². The zero-order valence-corrected chi connectivity index (χ0v) is 28.3. The number of amides is 2. The van der Waals surface area contributed by atoms with Crippen molar-refractivity contribution in [2.45, 2.75) is 174 Å². The molecule has 1 aromatic heterocycles. The van der Waals surface area contributed by atoms with E-state index < -0.39 is 0 Å². The van der Waals surface area contributed by atoms with Gasteiger partial charge in [-0.2, -0.15) is 0 Å². The van der Waals surface area contributed by atoms with Gasteiger partial charge >= 0.3 is 0 Å². The predicted molar refractivity (Wildman–Crippen MR) is 182 cm³/mol. The van der Waals surface area contributed by atoms with Gasteiger partial charge in [0.2, 0.25) is 11.8 Å². The highest BCUT2D eigenvalue weighted by Crippen LogP contribution is 2.11. The van der Waals surface area contributed by atoms with Crippen LogP contribution in [0.5, 0.6) is 0 Å². The summed E-state index contributed by atoms with van der Waals surface area (Å²) in [5.74, 6) is 0.0934. The fourth-order valence-corrected chi connectivity index (χ4v) is 5.60. The number of aryl methyl sites for hydroxylation is 1. The number of aromatic nitrogens is 1. The summed E-state index contributed by atoms with van der Waals surface area (Å²) < 4.78 is 2.16. The van der Waals surface area contributed by atoms with Crippen molar-refractivity contribution in [2.75, 3.05) is 19.6 Å². The minimum atomic E-state index is -0.327. The molecule has 0 unspecified atom stereocenters. The zero-order chi connectivity index (χ0) is 31.1. The van der Waals surface area contributed by atoms with E-state index in [1.54, 1.807) is 0 Å². The van der Waals surface area contributed by atoms with E-state index in [1.807, 2.05) is 18.2 Å². The smallest absolute Gasteiger partial charge is 0.237 e. The number of nitrogens with one attached hydrogen (secondary N) is 3. The van der Waals surface area contributed by atoms with Crippen molar-refractivity contribution in [3.8, 4) is 0 Å². The van der Waals surface area contributed by atoms with E-state index in [0.717, 1.165) is 45.4 Å². The minimum Gasteiger partial charge on any atom is -0.356 e. The van der Waals surface area contributed by atoms with Crippen LogP contribution in [-0.4, -0.2) is 37.5 Å². The second kappa shape index (κ2) is 30.1. The van der Waals surface area contributed by atoms with Crippen molar-refractivity contribution in [3.05, 3.63) is 30.6 Å². The van der Waals surface area contributed by atoms with Gasteiger partial charge in [0.05, 0.1) is 6.04 Å². The maximum atomic E-state index is 13.0. The van der Waals surface area contributed by atoms with Crippen LogP contribution < -0.4 is 20.5 Å². The van der Waals surface area contributed by atoms with E-state index in [9.17, 15) is 9.59 Å². The molecule has 3 N–H and O–H groups in total. The van der Waals surface area contributed by atoms with Crippen LogP contribution in [0.15, 0.2) is 30.6 Å². The summed E-state index contributed by atoms with van der Waals surface area (Å²) in [5, 5.41) is 9.66. The molecule has 1 aromatic rings. The van der Waals surface area contributed by atoms with Gasteiger partial charge in [-0.15, -0.1) is 0 Å². The van der Waals surface area contributed by atoms with Crippen LogP contribution in [0.2, 0.25) is 0 Å². The molecule has 0 saturated carbocycles. The molecule has 0 aromatic carbocycles. The quantitative estimate of drug-likeness (QED) is 0.0594. The summed E-state index contributed by atoms with van der Waals surface area (Å²) in [6.07, 6.45) is 31.8. The van der Waals surface area contributed by atoms with Crippen molar-refractivity contribution in [1.82, 2.24) is 16.0 Å². The summed E-state index contributed by atoms with van der Waals surface area (Å²) in [6, 6.07) is 5.76. The Kier molecular flexibility index (Phi) is 27.3. The molecule has 0 bridgehead atoms. The summed E-state index contributed by atoms with van der Waals surface area (Å²) in [7, 11) is 0. The summed E-state index contributed by atoms with van der Waals surface area (Å²) in [6.45, 7) is 7.64. The SMILES string of the molecule is CCCCCCCCCCCCNC(=O)CC[C@H](NCCC[n+]1ccccc1)C(=O)NCCCCCCCCCCCC. The third-order valence-electron chi connectivity index (χ3n) is 8.42. The Balaban J connectivity index is 2.24. The highest BCUT2D eigenvalue weighted by atomic mass is 16.2. The number of pyridine rings is 1. The second-order valence-electron chi connectivity index (χ2n) is 12.5. The highest BCUT2D eigenvalue weighted by Gasteiger charge is 2.19. The topological polar surface area (TPSA) is 74.1 Å². The monoisotopic (exact) mass is 602 g/mol. The van der Waals surface area contributed by atoms with E-state index in [2.05, 4.69) is 46.8 Å². The molecule has 43 heavy (non-hydrogen) atoms. The lowest BCUT2D eigenvalue weighted by atomic mass is 10.1. The number of nitrogens with zero attached hydrogens (tertiary/aromatic N) is 1. The van der Waals surface area contributed by atoms with E-state index in [0.29, 0.717) is 12.8 Å². The van der Waals surface area contributed by atoms with E-state index >= 15 is 0 Å². The molecule has 0 aliphatic heterocycles. The predicted octanol–water partition coefficient (Wildman–Crippen LogP) is 8.18. The lowest BCUT2D eigenvalue weighted by Gasteiger charge is -2.18. The first kappa shape index (κ1) is 39.1. The van der Waals surface area contributed by atoms with Gasteiger partial charge in [0.1, 0.15) is 6.54 Å². The molecule has 0 aliphatic rings. The largest absolute Gasteiger partial charge is 0.356 e. The Morgan fingerprint density at radius 2 is 1.02 bits per heavy atom. The normalized spacial score (nSPS) is 11.9. The number of carbonyl (C=O) groups excluding carboxylic acids is 2. The Bertz CT molecular complexity index is 758. The number of unbranched alkanes of at least 4 members (excludes halogenated alkanes) is 18. The maximum Gasteiger partial charge on any atom is 0.237 e. The van der Waals surface area contributed by atoms with Crippen LogP contribution in [0.3, 0.4) is 0 Å². The molecule has 6 heteroatoms. The molecule has 0 aliphatic carbocycles. The molecular formula is C37H69N4O2+. The minimum absolute atomic E-state index is 0.0331. The first-order valence-electron chi connectivity index (χ1n) is 18.4. The van der Waals surface area contributed by atoms with Gasteiger partial charge in [0, 0.05) is 44.6 Å². The zero-order valence-electron chi connectivity index (χ0n) is 28.3. The molecule has 1 rings (SSSR count). The Labute approximate surface area is 266 Å². The molecule has 0 radical (unpaired) electrons. The second-order valence-corrected chi connectivity index (χ2v) is 12.5. The van der Waals surface area contributed by atoms with Gasteiger partial charge in [0.15, 0.2) is 12.4 Å². The molecule has 2 amide bonds. The van der Waals surface area contributed by atoms with Crippen LogP contribution in [0.25, 0.3) is 0 Å². The average molecular weight is 602 g/mol. The molecule has 0 spiro atoms. The number of carbonyl (C=O) groups is 2. The lowest BCUT2D eigenvalue weighted by Crippen LogP contribution is -2.46. The fourth-order valence-electron chi connectivity index (χ4n) is 5.60. The molecule has 1 atom stereocenters.